The summed E-state index contributed by atoms with van der Waals surface area (Å²) in [7, 11) is 0. The van der Waals surface area contributed by atoms with Crippen LogP contribution in [0.2, 0.25) is 5.02 Å². The highest BCUT2D eigenvalue weighted by molar-refractivity contribution is 6.30. The smallest absolute Gasteiger partial charge is 0.141 e. The topological polar surface area (TPSA) is 23.8 Å². The summed E-state index contributed by atoms with van der Waals surface area (Å²) < 4.78 is 12.6. The van der Waals surface area contributed by atoms with Crippen molar-refractivity contribution in [3.63, 3.8) is 0 Å². The summed E-state index contributed by atoms with van der Waals surface area (Å²) in [4.78, 5) is 0. The molecule has 0 fully saturated rings. The van der Waals surface area contributed by atoms with Gasteiger partial charge in [-0.15, -0.1) is 0 Å². The van der Waals surface area contributed by atoms with Gasteiger partial charge in [0.15, 0.2) is 0 Å². The second-order valence-electron chi connectivity index (χ2n) is 2.41. The third-order valence-corrected chi connectivity index (χ3v) is 1.80. The number of hydrogen-bond acceptors (Lipinski definition) is 1. The van der Waals surface area contributed by atoms with E-state index >= 15 is 0 Å². The molecule has 1 aromatic carbocycles. The average Bonchev–Trinajstić information content (AvgIpc) is 2.07. The highest BCUT2D eigenvalue weighted by atomic mass is 35.5. The van der Waals surface area contributed by atoms with E-state index in [4.69, 9.17) is 16.9 Å². The van der Waals surface area contributed by atoms with E-state index in [1.54, 1.807) is 12.1 Å². The van der Waals surface area contributed by atoms with Crippen LogP contribution in [0.5, 0.6) is 0 Å². The second kappa shape index (κ2) is 4.08. The van der Waals surface area contributed by atoms with Gasteiger partial charge in [-0.3, -0.25) is 0 Å². The van der Waals surface area contributed by atoms with Gasteiger partial charge in [0.05, 0.1) is 11.1 Å². The Morgan fingerprint density at radius 3 is 2.83 bits per heavy atom. The summed E-state index contributed by atoms with van der Waals surface area (Å²) >= 11 is 5.53. The minimum absolute atomic E-state index is 0.116. The predicted molar refractivity (Wildman–Crippen MR) is 45.3 cm³/mol. The van der Waals surface area contributed by atoms with E-state index in [9.17, 15) is 4.39 Å². The first-order chi connectivity index (χ1) is 5.74. The fourth-order valence-corrected chi connectivity index (χ4v) is 1.10. The van der Waals surface area contributed by atoms with Gasteiger partial charge < -0.3 is 0 Å². The Kier molecular flexibility index (Phi) is 3.07. The van der Waals surface area contributed by atoms with Crippen molar-refractivity contribution in [2.24, 2.45) is 0 Å². The van der Waals surface area contributed by atoms with Gasteiger partial charge in [0, 0.05) is 6.42 Å². The summed E-state index contributed by atoms with van der Waals surface area (Å²) in [6.45, 7) is 0. The molecule has 0 aromatic heterocycles. The first kappa shape index (κ1) is 9.02. The lowest BCUT2D eigenvalue weighted by Crippen LogP contribution is -1.85. The minimum atomic E-state index is -0.419. The van der Waals surface area contributed by atoms with Crippen molar-refractivity contribution in [3.05, 3.63) is 34.6 Å². The Bertz CT molecular complexity index is 317. The van der Waals surface area contributed by atoms with Crippen molar-refractivity contribution in [2.45, 2.75) is 12.8 Å². The van der Waals surface area contributed by atoms with Crippen LogP contribution in [0.25, 0.3) is 0 Å². The van der Waals surface area contributed by atoms with Crippen LogP contribution in [-0.4, -0.2) is 0 Å². The van der Waals surface area contributed by atoms with Crippen LogP contribution in [0, 0.1) is 17.1 Å². The van der Waals surface area contributed by atoms with E-state index in [2.05, 4.69) is 0 Å². The van der Waals surface area contributed by atoms with Gasteiger partial charge in [-0.05, 0) is 24.1 Å². The largest absolute Gasteiger partial charge is 0.205 e. The Balaban J connectivity index is 2.77. The van der Waals surface area contributed by atoms with Crippen LogP contribution in [0.15, 0.2) is 18.2 Å². The molecule has 0 radical (unpaired) electrons. The molecule has 1 nitrogen and oxygen atoms in total. The first-order valence-corrected chi connectivity index (χ1v) is 3.92. The zero-order valence-electron chi connectivity index (χ0n) is 6.35. The van der Waals surface area contributed by atoms with Crippen molar-refractivity contribution in [2.75, 3.05) is 0 Å². The monoisotopic (exact) mass is 183 g/mol. The van der Waals surface area contributed by atoms with Crippen LogP contribution in [-0.2, 0) is 6.42 Å². The van der Waals surface area contributed by atoms with E-state index in [-0.39, 0.29) is 5.02 Å². The van der Waals surface area contributed by atoms with E-state index in [0.717, 1.165) is 5.56 Å². The number of benzene rings is 1. The quantitative estimate of drug-likeness (QED) is 0.692. The maximum atomic E-state index is 12.6. The van der Waals surface area contributed by atoms with Crippen LogP contribution < -0.4 is 0 Å². The highest BCUT2D eigenvalue weighted by Gasteiger charge is 1.99. The summed E-state index contributed by atoms with van der Waals surface area (Å²) in [6, 6.07) is 6.52. The molecule has 1 rings (SSSR count). The van der Waals surface area contributed by atoms with Crippen molar-refractivity contribution >= 4 is 11.6 Å². The minimum Gasteiger partial charge on any atom is -0.205 e. The molecule has 0 N–H and O–H groups in total. The summed E-state index contributed by atoms with van der Waals surface area (Å²) in [5.41, 5.74) is 0.892. The normalized spacial score (nSPS) is 9.42. The maximum Gasteiger partial charge on any atom is 0.141 e. The van der Waals surface area contributed by atoms with Gasteiger partial charge >= 0.3 is 0 Å². The number of nitriles is 1. The molecule has 0 saturated heterocycles. The van der Waals surface area contributed by atoms with Crippen molar-refractivity contribution < 1.29 is 4.39 Å². The number of nitrogens with zero attached hydrogens (tertiary/aromatic N) is 1. The Morgan fingerprint density at radius 1 is 1.50 bits per heavy atom. The molecular formula is C9H7ClFN. The summed E-state index contributed by atoms with van der Waals surface area (Å²) in [5, 5.41) is 8.41. The average molecular weight is 184 g/mol. The van der Waals surface area contributed by atoms with Gasteiger partial charge in [-0.2, -0.15) is 5.26 Å². The molecule has 0 amide bonds. The molecule has 0 aliphatic carbocycles. The van der Waals surface area contributed by atoms with E-state index in [1.807, 2.05) is 6.07 Å². The number of aryl methyl sites for hydroxylation is 1. The molecule has 1 aromatic rings. The molecule has 0 aliphatic rings. The standard InChI is InChI=1S/C9H7ClFN/c10-8-6-7(2-1-5-12)3-4-9(8)11/h3-4,6H,1-2H2. The molecule has 0 unspecified atom stereocenters. The van der Waals surface area contributed by atoms with Crippen LogP contribution >= 0.6 is 11.6 Å². The highest BCUT2D eigenvalue weighted by Crippen LogP contribution is 2.16. The zero-order valence-corrected chi connectivity index (χ0v) is 7.11. The van der Waals surface area contributed by atoms with Gasteiger partial charge in [0.2, 0.25) is 0 Å². The summed E-state index contributed by atoms with van der Waals surface area (Å²) in [6.07, 6.45) is 1.05. The molecule has 3 heteroatoms. The maximum absolute atomic E-state index is 12.6. The second-order valence-corrected chi connectivity index (χ2v) is 2.81. The molecule has 0 aliphatic heterocycles. The number of hydrogen-bond donors (Lipinski definition) is 0. The van der Waals surface area contributed by atoms with Gasteiger partial charge in [-0.25, -0.2) is 4.39 Å². The third-order valence-electron chi connectivity index (χ3n) is 1.51. The molecule has 0 spiro atoms. The third kappa shape index (κ3) is 2.21. The lowest BCUT2D eigenvalue weighted by atomic mass is 10.1. The molecule has 0 atom stereocenters. The van der Waals surface area contributed by atoms with Gasteiger partial charge in [0.1, 0.15) is 5.82 Å². The molecule has 0 bridgehead atoms. The first-order valence-electron chi connectivity index (χ1n) is 3.55. The molecule has 0 saturated carbocycles. The Labute approximate surface area is 75.4 Å². The number of rotatable bonds is 2. The van der Waals surface area contributed by atoms with Crippen molar-refractivity contribution in [3.8, 4) is 6.07 Å². The Hall–Kier alpha value is -1.07. The summed E-state index contributed by atoms with van der Waals surface area (Å²) in [5.74, 6) is -0.419. The lowest BCUT2D eigenvalue weighted by Gasteiger charge is -1.98. The molecular weight excluding hydrogens is 177 g/mol. The fraction of sp³-hybridized carbons (Fsp3) is 0.222. The zero-order chi connectivity index (χ0) is 8.97. The van der Waals surface area contributed by atoms with Gasteiger partial charge in [0.25, 0.3) is 0 Å². The predicted octanol–water partition coefficient (Wildman–Crippen LogP) is 2.94. The van der Waals surface area contributed by atoms with Crippen LogP contribution in [0.1, 0.15) is 12.0 Å². The van der Waals surface area contributed by atoms with Crippen LogP contribution in [0.4, 0.5) is 4.39 Å². The van der Waals surface area contributed by atoms with Gasteiger partial charge in [-0.1, -0.05) is 17.7 Å². The number of halogens is 2. The van der Waals surface area contributed by atoms with Crippen molar-refractivity contribution in [1.82, 2.24) is 0 Å². The molecule has 12 heavy (non-hydrogen) atoms. The lowest BCUT2D eigenvalue weighted by molar-refractivity contribution is 0.627. The van der Waals surface area contributed by atoms with Crippen molar-refractivity contribution in [1.29, 1.82) is 5.26 Å². The fourth-order valence-electron chi connectivity index (χ4n) is 0.895. The van der Waals surface area contributed by atoms with Crippen LogP contribution in [0.3, 0.4) is 0 Å². The molecule has 0 heterocycles. The SMILES string of the molecule is N#CCCc1ccc(F)c(Cl)c1. The Morgan fingerprint density at radius 2 is 2.25 bits per heavy atom. The van der Waals surface area contributed by atoms with E-state index < -0.39 is 5.82 Å². The van der Waals surface area contributed by atoms with E-state index in [1.165, 1.54) is 6.07 Å². The van der Waals surface area contributed by atoms with E-state index in [0.29, 0.717) is 12.8 Å². The molecule has 62 valence electrons.